The Bertz CT molecular complexity index is 700. The number of carbonyl (C=O) groups is 2. The zero-order chi connectivity index (χ0) is 14.8. The van der Waals surface area contributed by atoms with E-state index in [0.717, 1.165) is 10.5 Å². The molecule has 0 aromatic heterocycles. The normalized spacial score (nSPS) is 14.0. The molecule has 0 unspecified atom stereocenters. The Morgan fingerprint density at radius 2 is 1.48 bits per heavy atom. The maximum Gasteiger partial charge on any atom is 0.265 e. The van der Waals surface area contributed by atoms with Gasteiger partial charge in [0.15, 0.2) is 0 Å². The van der Waals surface area contributed by atoms with Gasteiger partial charge in [-0.2, -0.15) is 0 Å². The van der Waals surface area contributed by atoms with Crippen LogP contribution in [0.5, 0.6) is 0 Å². The van der Waals surface area contributed by atoms with Crippen LogP contribution in [0.2, 0.25) is 0 Å². The first kappa shape index (κ1) is 13.2. The largest absolute Gasteiger partial charge is 0.268 e. The van der Waals surface area contributed by atoms with E-state index < -0.39 is 0 Å². The van der Waals surface area contributed by atoms with E-state index in [1.807, 2.05) is 0 Å². The van der Waals surface area contributed by atoms with E-state index in [2.05, 4.69) is 0 Å². The zero-order valence-electron chi connectivity index (χ0n) is 11.1. The number of hydrogen-bond acceptors (Lipinski definition) is 2. The number of rotatable bonds is 3. The van der Waals surface area contributed by atoms with Gasteiger partial charge in [0.05, 0.1) is 11.1 Å². The SMILES string of the molecule is O=C1c2ccccc2C(=O)N1C=CCc1ccc(F)cc1. The molecule has 0 bridgehead atoms. The molecule has 0 fully saturated rings. The molecule has 1 aliphatic heterocycles. The molecule has 1 heterocycles. The molecule has 2 aromatic rings. The summed E-state index contributed by atoms with van der Waals surface area (Å²) < 4.78 is 12.8. The van der Waals surface area contributed by atoms with Crippen LogP contribution >= 0.6 is 0 Å². The highest BCUT2D eigenvalue weighted by Crippen LogP contribution is 2.22. The molecule has 4 heteroatoms. The standard InChI is InChI=1S/C17H12FNO2/c18-13-9-7-12(8-10-13)4-3-11-19-16(20)14-5-1-2-6-15(14)17(19)21/h1-3,5-11H,4H2. The van der Waals surface area contributed by atoms with E-state index in [1.54, 1.807) is 42.5 Å². The Labute approximate surface area is 121 Å². The van der Waals surface area contributed by atoms with E-state index in [1.165, 1.54) is 18.3 Å². The highest BCUT2D eigenvalue weighted by Gasteiger charge is 2.33. The summed E-state index contributed by atoms with van der Waals surface area (Å²) in [6.45, 7) is 0. The predicted molar refractivity (Wildman–Crippen MR) is 76.2 cm³/mol. The maximum atomic E-state index is 12.8. The van der Waals surface area contributed by atoms with Crippen molar-refractivity contribution >= 4 is 11.8 Å². The van der Waals surface area contributed by atoms with Gasteiger partial charge in [0.1, 0.15) is 5.82 Å². The molecular weight excluding hydrogens is 269 g/mol. The molecule has 3 rings (SSSR count). The van der Waals surface area contributed by atoms with Crippen molar-refractivity contribution in [1.82, 2.24) is 4.90 Å². The van der Waals surface area contributed by atoms with Gasteiger partial charge in [0.2, 0.25) is 0 Å². The third kappa shape index (κ3) is 2.48. The molecule has 0 N–H and O–H groups in total. The van der Waals surface area contributed by atoms with Crippen LogP contribution in [0.4, 0.5) is 4.39 Å². The van der Waals surface area contributed by atoms with Gasteiger partial charge in [0, 0.05) is 6.20 Å². The summed E-state index contributed by atoms with van der Waals surface area (Å²) in [4.78, 5) is 25.3. The third-order valence-corrected chi connectivity index (χ3v) is 3.35. The van der Waals surface area contributed by atoms with E-state index in [4.69, 9.17) is 0 Å². The van der Waals surface area contributed by atoms with Gasteiger partial charge in [-0.1, -0.05) is 30.3 Å². The molecule has 3 nitrogen and oxygen atoms in total. The van der Waals surface area contributed by atoms with Crippen LogP contribution in [0, 0.1) is 5.82 Å². The lowest BCUT2D eigenvalue weighted by atomic mass is 10.1. The van der Waals surface area contributed by atoms with Crippen LogP contribution in [0.1, 0.15) is 26.3 Å². The summed E-state index contributed by atoms with van der Waals surface area (Å²) in [6.07, 6.45) is 3.72. The van der Waals surface area contributed by atoms with Gasteiger partial charge in [-0.3, -0.25) is 9.59 Å². The number of allylic oxidation sites excluding steroid dienone is 1. The van der Waals surface area contributed by atoms with Crippen LogP contribution in [0.25, 0.3) is 0 Å². The summed E-state index contributed by atoms with van der Waals surface area (Å²) in [7, 11) is 0. The van der Waals surface area contributed by atoms with Crippen LogP contribution < -0.4 is 0 Å². The molecule has 0 spiro atoms. The fourth-order valence-corrected chi connectivity index (χ4v) is 2.26. The second-order valence-corrected chi connectivity index (χ2v) is 4.74. The first-order valence-electron chi connectivity index (χ1n) is 6.55. The number of fused-ring (bicyclic) bond motifs is 1. The molecule has 0 saturated heterocycles. The number of halogens is 1. The molecule has 104 valence electrons. The Morgan fingerprint density at radius 3 is 2.05 bits per heavy atom. The smallest absolute Gasteiger partial charge is 0.265 e. The fraction of sp³-hybridized carbons (Fsp3) is 0.0588. The molecule has 21 heavy (non-hydrogen) atoms. The number of carbonyl (C=O) groups excluding carboxylic acids is 2. The van der Waals surface area contributed by atoms with Crippen molar-refractivity contribution in [2.75, 3.05) is 0 Å². The minimum Gasteiger partial charge on any atom is -0.268 e. The molecule has 0 saturated carbocycles. The lowest BCUT2D eigenvalue weighted by Gasteiger charge is -2.06. The van der Waals surface area contributed by atoms with Crippen molar-refractivity contribution in [2.24, 2.45) is 0 Å². The van der Waals surface area contributed by atoms with Gasteiger partial charge in [-0.25, -0.2) is 9.29 Å². The Balaban J connectivity index is 1.74. The van der Waals surface area contributed by atoms with Crippen LogP contribution in [0.15, 0.2) is 60.8 Å². The van der Waals surface area contributed by atoms with Gasteiger partial charge >= 0.3 is 0 Å². The van der Waals surface area contributed by atoms with Crippen molar-refractivity contribution in [3.05, 3.63) is 83.3 Å². The summed E-state index contributed by atoms with van der Waals surface area (Å²) in [5.74, 6) is -0.917. The minimum absolute atomic E-state index is 0.289. The lowest BCUT2D eigenvalue weighted by molar-refractivity contribution is 0.0721. The Morgan fingerprint density at radius 1 is 0.905 bits per heavy atom. The highest BCUT2D eigenvalue weighted by atomic mass is 19.1. The number of hydrogen-bond donors (Lipinski definition) is 0. The fourth-order valence-electron chi connectivity index (χ4n) is 2.26. The molecule has 0 radical (unpaired) electrons. The number of nitrogens with zero attached hydrogens (tertiary/aromatic N) is 1. The van der Waals surface area contributed by atoms with Crippen molar-refractivity contribution < 1.29 is 14.0 Å². The number of amides is 2. The molecule has 2 aromatic carbocycles. The van der Waals surface area contributed by atoms with Crippen LogP contribution in [-0.2, 0) is 6.42 Å². The highest BCUT2D eigenvalue weighted by molar-refractivity contribution is 6.22. The predicted octanol–water partition coefficient (Wildman–Crippen LogP) is 3.18. The van der Waals surface area contributed by atoms with Crippen LogP contribution in [0.3, 0.4) is 0 Å². The number of benzene rings is 2. The molecular formula is C17H12FNO2. The monoisotopic (exact) mass is 281 g/mol. The lowest BCUT2D eigenvalue weighted by Crippen LogP contribution is -2.23. The summed E-state index contributed by atoms with van der Waals surface area (Å²) >= 11 is 0. The van der Waals surface area contributed by atoms with E-state index in [9.17, 15) is 14.0 Å². The molecule has 1 aliphatic rings. The first-order chi connectivity index (χ1) is 10.2. The van der Waals surface area contributed by atoms with Crippen molar-refractivity contribution in [1.29, 1.82) is 0 Å². The van der Waals surface area contributed by atoms with Gasteiger partial charge in [0.25, 0.3) is 11.8 Å². The van der Waals surface area contributed by atoms with E-state index in [-0.39, 0.29) is 17.6 Å². The van der Waals surface area contributed by atoms with Gasteiger partial charge in [-0.05, 0) is 36.2 Å². The Kier molecular flexibility index (Phi) is 3.36. The summed E-state index contributed by atoms with van der Waals surface area (Å²) in [6, 6.07) is 12.8. The molecule has 0 atom stereocenters. The van der Waals surface area contributed by atoms with Crippen LogP contribution in [-0.4, -0.2) is 16.7 Å². The summed E-state index contributed by atoms with van der Waals surface area (Å²) in [5.41, 5.74) is 1.76. The van der Waals surface area contributed by atoms with Crippen molar-refractivity contribution in [3.8, 4) is 0 Å². The summed E-state index contributed by atoms with van der Waals surface area (Å²) in [5, 5.41) is 0. The van der Waals surface area contributed by atoms with Crippen molar-refractivity contribution in [2.45, 2.75) is 6.42 Å². The molecule has 0 aliphatic carbocycles. The average molecular weight is 281 g/mol. The van der Waals surface area contributed by atoms with Gasteiger partial charge in [-0.15, -0.1) is 0 Å². The maximum absolute atomic E-state index is 12.8. The second-order valence-electron chi connectivity index (χ2n) is 4.74. The average Bonchev–Trinajstić information content (AvgIpc) is 2.75. The topological polar surface area (TPSA) is 37.4 Å². The van der Waals surface area contributed by atoms with Gasteiger partial charge < -0.3 is 0 Å². The van der Waals surface area contributed by atoms with E-state index in [0.29, 0.717) is 17.5 Å². The quantitative estimate of drug-likeness (QED) is 0.810. The molecule has 2 amide bonds. The number of imide groups is 1. The Hall–Kier alpha value is -2.75. The third-order valence-electron chi connectivity index (χ3n) is 3.35. The first-order valence-corrected chi connectivity index (χ1v) is 6.55. The zero-order valence-corrected chi connectivity index (χ0v) is 11.1. The van der Waals surface area contributed by atoms with Crippen molar-refractivity contribution in [3.63, 3.8) is 0 Å². The van der Waals surface area contributed by atoms with E-state index >= 15 is 0 Å². The second kappa shape index (κ2) is 5.32. The minimum atomic E-state index is -0.314.